The van der Waals surface area contributed by atoms with E-state index >= 15 is 0 Å². The molecule has 0 aliphatic rings. The Bertz CT molecular complexity index is 1350. The van der Waals surface area contributed by atoms with E-state index in [-0.39, 0.29) is 29.7 Å². The lowest BCUT2D eigenvalue weighted by atomic mass is 10.2. The van der Waals surface area contributed by atoms with E-state index in [2.05, 4.69) is 10.6 Å². The number of para-hydroxylation sites is 1. The van der Waals surface area contributed by atoms with Gasteiger partial charge in [-0.25, -0.2) is 9.18 Å². The number of unbranched alkanes of at least 4 members (excludes halogenated alkanes) is 1. The van der Waals surface area contributed by atoms with Crippen LogP contribution in [0.25, 0.3) is 10.9 Å². The summed E-state index contributed by atoms with van der Waals surface area (Å²) in [6.45, 7) is 4.38. The van der Waals surface area contributed by atoms with Gasteiger partial charge in [0.25, 0.3) is 5.56 Å². The summed E-state index contributed by atoms with van der Waals surface area (Å²) in [5.74, 6) is -0.867. The monoisotopic (exact) mass is 502 g/mol. The lowest BCUT2D eigenvalue weighted by Gasteiger charge is -2.14. The van der Waals surface area contributed by atoms with Crippen LogP contribution in [-0.4, -0.2) is 27.5 Å². The molecule has 2 amide bonds. The van der Waals surface area contributed by atoms with Gasteiger partial charge in [-0.1, -0.05) is 37.6 Å². The standard InChI is InChI=1S/C25H28ClFN4O4/c1-16(2)14-28-22(32)9-5-6-12-30-24(34)18-7-3-4-8-21(18)31(25(30)35)15-23(33)29-17-10-11-20(27)19(26)13-17/h3-4,7-8,10-11,13,16H,5-6,9,12,14-15H2,1-2H3,(H,28,32)(H,29,33). The van der Waals surface area contributed by atoms with Crippen LogP contribution in [0, 0.1) is 11.7 Å². The Labute approximate surface area is 206 Å². The lowest BCUT2D eigenvalue weighted by Crippen LogP contribution is -2.41. The highest BCUT2D eigenvalue weighted by atomic mass is 35.5. The Morgan fingerprint density at radius 2 is 1.77 bits per heavy atom. The molecule has 35 heavy (non-hydrogen) atoms. The molecular formula is C25H28ClFN4O4. The Balaban J connectivity index is 1.78. The average Bonchev–Trinajstić information content (AvgIpc) is 2.82. The zero-order valence-electron chi connectivity index (χ0n) is 19.6. The van der Waals surface area contributed by atoms with Crippen molar-refractivity contribution in [2.45, 2.75) is 46.2 Å². The molecule has 8 nitrogen and oxygen atoms in total. The van der Waals surface area contributed by atoms with Gasteiger partial charge in [0.2, 0.25) is 11.8 Å². The van der Waals surface area contributed by atoms with Crippen LogP contribution >= 0.6 is 11.6 Å². The maximum Gasteiger partial charge on any atom is 0.331 e. The molecule has 2 aromatic carbocycles. The quantitative estimate of drug-likeness (QED) is 0.414. The van der Waals surface area contributed by atoms with Gasteiger partial charge in [-0.2, -0.15) is 0 Å². The fourth-order valence-corrected chi connectivity index (χ4v) is 3.78. The number of carbonyl (C=O) groups excluding carboxylic acids is 2. The molecule has 0 saturated carbocycles. The fraction of sp³-hybridized carbons (Fsp3) is 0.360. The van der Waals surface area contributed by atoms with Gasteiger partial charge in [0.05, 0.1) is 15.9 Å². The van der Waals surface area contributed by atoms with Gasteiger partial charge in [0, 0.05) is 25.2 Å². The SMILES string of the molecule is CC(C)CNC(=O)CCCCn1c(=O)c2ccccc2n(CC(=O)Nc2ccc(F)c(Cl)c2)c1=O. The van der Waals surface area contributed by atoms with Gasteiger partial charge in [-0.05, 0) is 49.1 Å². The van der Waals surface area contributed by atoms with Gasteiger partial charge in [0.1, 0.15) is 12.4 Å². The number of benzene rings is 2. The van der Waals surface area contributed by atoms with Crippen LogP contribution in [0.5, 0.6) is 0 Å². The first kappa shape index (κ1) is 26.2. The third-order valence-corrected chi connectivity index (χ3v) is 5.67. The number of carbonyl (C=O) groups is 2. The summed E-state index contributed by atoms with van der Waals surface area (Å²) >= 11 is 5.77. The molecule has 3 aromatic rings. The zero-order valence-corrected chi connectivity index (χ0v) is 20.4. The maximum absolute atomic E-state index is 13.4. The van der Waals surface area contributed by atoms with E-state index in [1.54, 1.807) is 24.3 Å². The highest BCUT2D eigenvalue weighted by Crippen LogP contribution is 2.19. The second kappa shape index (κ2) is 11.8. The Hall–Kier alpha value is -3.46. The highest BCUT2D eigenvalue weighted by molar-refractivity contribution is 6.31. The molecule has 0 aliphatic heterocycles. The van der Waals surface area contributed by atoms with Crippen molar-refractivity contribution in [2.24, 2.45) is 5.92 Å². The number of nitrogens with zero attached hydrogens (tertiary/aromatic N) is 2. The first-order chi connectivity index (χ1) is 16.7. The first-order valence-corrected chi connectivity index (χ1v) is 11.8. The van der Waals surface area contributed by atoms with Crippen LogP contribution in [0.3, 0.4) is 0 Å². The van der Waals surface area contributed by atoms with Gasteiger partial charge < -0.3 is 10.6 Å². The maximum atomic E-state index is 13.4. The van der Waals surface area contributed by atoms with Crippen molar-refractivity contribution in [1.29, 1.82) is 0 Å². The minimum atomic E-state index is -0.620. The largest absolute Gasteiger partial charge is 0.356 e. The van der Waals surface area contributed by atoms with Crippen LogP contribution < -0.4 is 21.9 Å². The van der Waals surface area contributed by atoms with E-state index in [1.807, 2.05) is 13.8 Å². The van der Waals surface area contributed by atoms with Gasteiger partial charge in [-0.3, -0.25) is 23.5 Å². The summed E-state index contributed by atoms with van der Waals surface area (Å²) in [5, 5.41) is 5.59. The van der Waals surface area contributed by atoms with Crippen molar-refractivity contribution in [3.63, 3.8) is 0 Å². The Morgan fingerprint density at radius 3 is 2.49 bits per heavy atom. The summed E-state index contributed by atoms with van der Waals surface area (Å²) in [6.07, 6.45) is 1.25. The van der Waals surface area contributed by atoms with Crippen LogP contribution in [0.15, 0.2) is 52.1 Å². The molecule has 0 bridgehead atoms. The second-order valence-electron chi connectivity index (χ2n) is 8.67. The number of rotatable bonds is 10. The number of aromatic nitrogens is 2. The van der Waals surface area contributed by atoms with Crippen LogP contribution in [0.1, 0.15) is 33.1 Å². The van der Waals surface area contributed by atoms with E-state index in [9.17, 15) is 23.6 Å². The summed E-state index contributed by atoms with van der Waals surface area (Å²) in [6, 6.07) is 10.3. The minimum absolute atomic E-state index is 0.0699. The van der Waals surface area contributed by atoms with Crippen molar-refractivity contribution in [3.8, 4) is 0 Å². The molecule has 0 saturated heterocycles. The number of anilines is 1. The molecule has 0 aliphatic carbocycles. The van der Waals surface area contributed by atoms with Crippen molar-refractivity contribution in [1.82, 2.24) is 14.5 Å². The molecule has 0 atom stereocenters. The van der Waals surface area contributed by atoms with Crippen LogP contribution in [0.4, 0.5) is 10.1 Å². The first-order valence-electron chi connectivity index (χ1n) is 11.4. The summed E-state index contributed by atoms with van der Waals surface area (Å²) in [5.41, 5.74) is -0.455. The van der Waals surface area contributed by atoms with Crippen molar-refractivity contribution in [3.05, 3.63) is 74.1 Å². The van der Waals surface area contributed by atoms with Gasteiger partial charge in [-0.15, -0.1) is 0 Å². The van der Waals surface area contributed by atoms with E-state index in [0.717, 1.165) is 10.6 Å². The molecule has 3 rings (SSSR count). The average molecular weight is 503 g/mol. The zero-order chi connectivity index (χ0) is 25.5. The van der Waals surface area contributed by atoms with E-state index < -0.39 is 23.0 Å². The second-order valence-corrected chi connectivity index (χ2v) is 9.08. The highest BCUT2D eigenvalue weighted by Gasteiger charge is 2.16. The number of fused-ring (bicyclic) bond motifs is 1. The molecule has 0 fully saturated rings. The molecule has 2 N–H and O–H groups in total. The molecule has 1 heterocycles. The van der Waals surface area contributed by atoms with Crippen molar-refractivity contribution < 1.29 is 14.0 Å². The van der Waals surface area contributed by atoms with Gasteiger partial charge >= 0.3 is 5.69 Å². The van der Waals surface area contributed by atoms with Crippen molar-refractivity contribution in [2.75, 3.05) is 11.9 Å². The predicted molar refractivity (Wildman–Crippen MR) is 134 cm³/mol. The smallest absolute Gasteiger partial charge is 0.331 e. The number of nitrogens with one attached hydrogen (secondary N) is 2. The molecule has 0 unspecified atom stereocenters. The van der Waals surface area contributed by atoms with E-state index in [4.69, 9.17) is 11.6 Å². The predicted octanol–water partition coefficient (Wildman–Crippen LogP) is 3.54. The van der Waals surface area contributed by atoms with Crippen LogP contribution in [-0.2, 0) is 22.7 Å². The van der Waals surface area contributed by atoms with Crippen LogP contribution in [0.2, 0.25) is 5.02 Å². The third kappa shape index (κ3) is 6.79. The molecule has 1 aromatic heterocycles. The lowest BCUT2D eigenvalue weighted by molar-refractivity contribution is -0.121. The Kier molecular flexibility index (Phi) is 8.81. The number of halogens is 2. The molecule has 0 spiro atoms. The fourth-order valence-electron chi connectivity index (χ4n) is 3.60. The number of hydrogen-bond donors (Lipinski definition) is 2. The van der Waals surface area contributed by atoms with Crippen molar-refractivity contribution >= 4 is 40.0 Å². The summed E-state index contributed by atoms with van der Waals surface area (Å²) in [7, 11) is 0. The minimum Gasteiger partial charge on any atom is -0.356 e. The molecule has 10 heteroatoms. The normalized spacial score (nSPS) is 11.1. The molecule has 186 valence electrons. The molecule has 0 radical (unpaired) electrons. The summed E-state index contributed by atoms with van der Waals surface area (Å²) < 4.78 is 15.7. The summed E-state index contributed by atoms with van der Waals surface area (Å²) in [4.78, 5) is 50.8. The van der Waals surface area contributed by atoms with E-state index in [1.165, 1.54) is 16.7 Å². The van der Waals surface area contributed by atoms with Gasteiger partial charge in [0.15, 0.2) is 0 Å². The Morgan fingerprint density at radius 1 is 1.03 bits per heavy atom. The topological polar surface area (TPSA) is 102 Å². The number of amides is 2. The number of hydrogen-bond acceptors (Lipinski definition) is 4. The molecular weight excluding hydrogens is 475 g/mol. The van der Waals surface area contributed by atoms with E-state index in [0.29, 0.717) is 42.6 Å². The third-order valence-electron chi connectivity index (χ3n) is 5.38.